The molecule has 0 radical (unpaired) electrons. The average Bonchev–Trinajstić information content (AvgIpc) is 3.54. The summed E-state index contributed by atoms with van der Waals surface area (Å²) in [6.07, 6.45) is 14.8. The van der Waals surface area contributed by atoms with Crippen LogP contribution in [0.15, 0.2) is 55.2 Å². The lowest BCUT2D eigenvalue weighted by Gasteiger charge is -2.30. The number of aryl methyl sites for hydroxylation is 3. The molecule has 0 N–H and O–H groups in total. The summed E-state index contributed by atoms with van der Waals surface area (Å²) in [5.74, 6) is 3.24. The summed E-state index contributed by atoms with van der Waals surface area (Å²) < 4.78 is 10.8. The van der Waals surface area contributed by atoms with Crippen molar-refractivity contribution in [3.63, 3.8) is 0 Å². The van der Waals surface area contributed by atoms with Crippen LogP contribution in [-0.2, 0) is 37.6 Å². The molecular weight excluding hydrogens is 538 g/mol. The second kappa shape index (κ2) is 17.3. The molecule has 2 atom stereocenters. The first-order valence-electron chi connectivity index (χ1n) is 16.0. The molecule has 2 unspecified atom stereocenters. The number of pyridine rings is 1. The average molecular weight is 615 g/mol. The molecule has 0 aromatic carbocycles. The van der Waals surface area contributed by atoms with Crippen LogP contribution in [-0.4, -0.2) is 9.25 Å². The second-order valence-corrected chi connectivity index (χ2v) is 16.4. The van der Waals surface area contributed by atoms with Gasteiger partial charge < -0.3 is 0 Å². The van der Waals surface area contributed by atoms with Crippen molar-refractivity contribution < 1.29 is 13.8 Å². The lowest BCUT2D eigenvalue weighted by Crippen LogP contribution is -2.45. The fourth-order valence-corrected chi connectivity index (χ4v) is 6.11. The third kappa shape index (κ3) is 13.7. The zero-order chi connectivity index (χ0) is 32.7. The van der Waals surface area contributed by atoms with Gasteiger partial charge in [-0.3, -0.25) is 0 Å². The van der Waals surface area contributed by atoms with Crippen LogP contribution in [0.25, 0.3) is 0 Å². The minimum absolute atomic E-state index is 0. The molecule has 1 aliphatic carbocycles. The number of hydrogen-bond acceptors (Lipinski definition) is 0. The van der Waals surface area contributed by atoms with Crippen LogP contribution in [0.2, 0.25) is 0 Å². The summed E-state index contributed by atoms with van der Waals surface area (Å²) in [6.45, 7) is 31.5. The Balaban J connectivity index is 0. The van der Waals surface area contributed by atoms with Gasteiger partial charge in [0.1, 0.15) is 25.0 Å². The summed E-state index contributed by atoms with van der Waals surface area (Å²) in [5.41, 5.74) is 2.55. The SMILES string of the molecule is C.C.CC1CCCC1C(C)(C)C.C[n+]1ccccc1C(C)(C)C.C[n+]1cccn1C(C)(C)C.Cc1n(C(C)(C)C)cc[n+]1C. The van der Waals surface area contributed by atoms with Gasteiger partial charge in [-0.2, -0.15) is 4.68 Å². The highest BCUT2D eigenvalue weighted by Crippen LogP contribution is 2.42. The molecule has 5 heteroatoms. The van der Waals surface area contributed by atoms with E-state index in [1.165, 1.54) is 30.8 Å². The highest BCUT2D eigenvalue weighted by Gasteiger charge is 2.32. The molecule has 1 saturated carbocycles. The molecule has 0 spiro atoms. The Bertz CT molecular complexity index is 1200. The maximum atomic E-state index is 2.41. The van der Waals surface area contributed by atoms with Crippen molar-refractivity contribution in [3.05, 3.63) is 66.8 Å². The van der Waals surface area contributed by atoms with Gasteiger partial charge in [0, 0.05) is 30.5 Å². The largest absolute Gasteiger partial charge is 0.253 e. The predicted molar refractivity (Wildman–Crippen MR) is 192 cm³/mol. The molecule has 1 fully saturated rings. The number of imidazole rings is 1. The second-order valence-electron chi connectivity index (χ2n) is 16.4. The smallest absolute Gasteiger partial charge is 0.237 e. The van der Waals surface area contributed by atoms with Crippen molar-refractivity contribution in [1.82, 2.24) is 9.25 Å². The normalized spacial score (nSPS) is 16.6. The minimum atomic E-state index is 0. The number of rotatable bonds is 0. The highest BCUT2D eigenvalue weighted by atomic mass is 15.4. The van der Waals surface area contributed by atoms with Crippen molar-refractivity contribution in [1.29, 1.82) is 0 Å². The van der Waals surface area contributed by atoms with Crippen LogP contribution in [0.5, 0.6) is 0 Å². The van der Waals surface area contributed by atoms with Gasteiger partial charge in [0.05, 0.1) is 18.8 Å². The van der Waals surface area contributed by atoms with E-state index in [0.29, 0.717) is 5.41 Å². The molecule has 0 saturated heterocycles. The van der Waals surface area contributed by atoms with E-state index >= 15 is 0 Å². The standard InChI is InChI=1S/C10H16N.C10H20.C9H17N2.C8H15N2.2CH4/c1-10(2,3)9-7-5-6-8-11(9)4;1-8-6-5-7-9(8)10(2,3)4;1-8-10(5)6-7-11(8)9(2,3)4;1-8(2,3)10-7-5-6-9(10)4;;/h5-8H,1-4H3;8-9H,5-7H2,1-4H3;6-7H,1-5H3;5-7H,1-4H3;2*1H4/q+1;;2*+1;;. The molecule has 0 aliphatic heterocycles. The lowest BCUT2D eigenvalue weighted by molar-refractivity contribution is -0.759. The monoisotopic (exact) mass is 615 g/mol. The Labute approximate surface area is 275 Å². The van der Waals surface area contributed by atoms with Crippen LogP contribution in [0.3, 0.4) is 0 Å². The van der Waals surface area contributed by atoms with E-state index in [4.69, 9.17) is 0 Å². The summed E-state index contributed by atoms with van der Waals surface area (Å²) >= 11 is 0. The van der Waals surface area contributed by atoms with E-state index < -0.39 is 0 Å². The van der Waals surface area contributed by atoms with E-state index in [0.717, 1.165) is 11.8 Å². The molecule has 254 valence electrons. The van der Waals surface area contributed by atoms with Gasteiger partial charge in [-0.15, -0.1) is 4.68 Å². The molecule has 1 aliphatic rings. The van der Waals surface area contributed by atoms with E-state index in [9.17, 15) is 0 Å². The maximum Gasteiger partial charge on any atom is 0.253 e. The maximum absolute atomic E-state index is 2.41. The van der Waals surface area contributed by atoms with Crippen molar-refractivity contribution in [2.75, 3.05) is 0 Å². The summed E-state index contributed by atoms with van der Waals surface area (Å²) in [4.78, 5) is 0. The molecule has 3 aromatic heterocycles. The molecule has 3 aromatic rings. The fraction of sp³-hybridized carbons (Fsp3) is 0.718. The first kappa shape index (κ1) is 43.7. The molecule has 44 heavy (non-hydrogen) atoms. The Hall–Kier alpha value is -2.43. The number of hydrogen-bond donors (Lipinski definition) is 0. The van der Waals surface area contributed by atoms with Crippen LogP contribution < -0.4 is 13.8 Å². The lowest BCUT2D eigenvalue weighted by atomic mass is 9.75. The first-order chi connectivity index (χ1) is 19.0. The van der Waals surface area contributed by atoms with Gasteiger partial charge in [0.2, 0.25) is 0 Å². The molecule has 3 heterocycles. The van der Waals surface area contributed by atoms with Crippen molar-refractivity contribution in [2.45, 2.75) is 148 Å². The molecular formula is C39H76N5+3. The van der Waals surface area contributed by atoms with Gasteiger partial charge in [0.25, 0.3) is 5.82 Å². The summed E-state index contributed by atoms with van der Waals surface area (Å²) in [7, 11) is 6.20. The molecule has 0 amide bonds. The summed E-state index contributed by atoms with van der Waals surface area (Å²) in [5, 5.41) is 0. The number of nitrogens with zero attached hydrogens (tertiary/aromatic N) is 5. The summed E-state index contributed by atoms with van der Waals surface area (Å²) in [6, 6.07) is 8.35. The number of aromatic nitrogens is 5. The van der Waals surface area contributed by atoms with E-state index in [-0.39, 0.29) is 31.3 Å². The van der Waals surface area contributed by atoms with Crippen LogP contribution in [0, 0.1) is 24.2 Å². The third-order valence-electron chi connectivity index (χ3n) is 8.37. The quantitative estimate of drug-likeness (QED) is 0.226. The predicted octanol–water partition coefficient (Wildman–Crippen LogP) is 8.99. The topological polar surface area (TPSA) is 21.5 Å². The Morgan fingerprint density at radius 1 is 0.682 bits per heavy atom. The van der Waals surface area contributed by atoms with Crippen LogP contribution in [0.1, 0.15) is 136 Å². The van der Waals surface area contributed by atoms with E-state index in [1.54, 1.807) is 0 Å². The third-order valence-corrected chi connectivity index (χ3v) is 8.37. The zero-order valence-electron chi connectivity index (χ0n) is 30.7. The molecule has 4 rings (SSSR count). The first-order valence-corrected chi connectivity index (χ1v) is 16.0. The Kier molecular flexibility index (Phi) is 17.2. The van der Waals surface area contributed by atoms with Gasteiger partial charge >= 0.3 is 0 Å². The van der Waals surface area contributed by atoms with Gasteiger partial charge in [0.15, 0.2) is 25.1 Å². The Morgan fingerprint density at radius 2 is 1.25 bits per heavy atom. The molecule has 0 bridgehead atoms. The van der Waals surface area contributed by atoms with Gasteiger partial charge in [-0.25, -0.2) is 13.7 Å². The van der Waals surface area contributed by atoms with Crippen molar-refractivity contribution in [3.8, 4) is 0 Å². The van der Waals surface area contributed by atoms with Crippen LogP contribution >= 0.6 is 0 Å². The molecule has 5 nitrogen and oxygen atoms in total. The fourth-order valence-electron chi connectivity index (χ4n) is 6.11. The van der Waals surface area contributed by atoms with Gasteiger partial charge in [-0.05, 0) is 65.2 Å². The van der Waals surface area contributed by atoms with Gasteiger partial charge in [-0.1, -0.05) is 82.2 Å². The van der Waals surface area contributed by atoms with Crippen molar-refractivity contribution >= 4 is 0 Å². The zero-order valence-corrected chi connectivity index (χ0v) is 30.7. The van der Waals surface area contributed by atoms with Crippen LogP contribution in [0.4, 0.5) is 0 Å². The van der Waals surface area contributed by atoms with E-state index in [2.05, 4.69) is 177 Å². The minimum Gasteiger partial charge on any atom is -0.237 e. The van der Waals surface area contributed by atoms with E-state index in [1.807, 2.05) is 19.3 Å². The Morgan fingerprint density at radius 3 is 1.48 bits per heavy atom. The highest BCUT2D eigenvalue weighted by molar-refractivity contribution is 5.07. The van der Waals surface area contributed by atoms with Crippen molar-refractivity contribution in [2.24, 2.45) is 38.4 Å².